The molecular weight excluding hydrogens is 1280 g/mol. The quantitative estimate of drug-likeness (QED) is 0.0201. The van der Waals surface area contributed by atoms with E-state index >= 15 is 0 Å². The van der Waals surface area contributed by atoms with Crippen LogP contribution in [-0.2, 0) is 19.1 Å². The number of aliphatic hydroxyl groups is 2. The molecule has 2 amide bonds. The van der Waals surface area contributed by atoms with Crippen molar-refractivity contribution in [2.45, 2.75) is 451 Å². The van der Waals surface area contributed by atoms with Gasteiger partial charge in [-0.25, -0.2) is 0 Å². The summed E-state index contributed by atoms with van der Waals surface area (Å²) in [6, 6.07) is -0.569. The van der Waals surface area contributed by atoms with Crippen molar-refractivity contribution in [1.29, 1.82) is 0 Å². The van der Waals surface area contributed by atoms with Crippen molar-refractivity contribution in [2.24, 2.45) is 0 Å². The summed E-state index contributed by atoms with van der Waals surface area (Å²) >= 11 is 0. The van der Waals surface area contributed by atoms with Crippen LogP contribution in [0.3, 0.4) is 0 Å². The van der Waals surface area contributed by atoms with E-state index in [1.807, 2.05) is 21.6 Å². The number of hydrogen-bond donors (Lipinski definition) is 4. The Bertz CT molecular complexity index is 1700. The fourth-order valence-corrected chi connectivity index (χ4v) is 16.7. The van der Waals surface area contributed by atoms with Gasteiger partial charge in [-0.15, -0.1) is 0 Å². The van der Waals surface area contributed by atoms with Crippen molar-refractivity contribution in [3.8, 4) is 0 Å². The molecule has 592 valence electrons. The number of carbonyl (C=O) groups is 3. The highest BCUT2D eigenvalue weighted by Crippen LogP contribution is 2.25. The van der Waals surface area contributed by atoms with Gasteiger partial charge in [0.15, 0.2) is 0 Å². The summed E-state index contributed by atoms with van der Waals surface area (Å²) in [5.74, 6) is 1.74. The zero-order valence-corrected chi connectivity index (χ0v) is 68.9. The van der Waals surface area contributed by atoms with E-state index in [4.69, 9.17) is 4.74 Å². The minimum atomic E-state index is -0.569. The van der Waals surface area contributed by atoms with E-state index in [-0.39, 0.29) is 23.9 Å². The fraction of sp³-hybridized carbons (Fsp3) is 0.943. The first kappa shape index (κ1) is 96.7. The number of hydrogen-bond acceptors (Lipinski definition) is 11. The summed E-state index contributed by atoms with van der Waals surface area (Å²) < 4.78 is 6.18. The van der Waals surface area contributed by atoms with E-state index in [1.54, 1.807) is 0 Å². The molecule has 1 aliphatic rings. The molecule has 0 bridgehead atoms. The molecule has 100 heavy (non-hydrogen) atoms. The number of rotatable bonds is 81. The second-order valence-corrected chi connectivity index (χ2v) is 33.7. The number of aliphatic hydroxyl groups excluding tert-OH is 2. The minimum absolute atomic E-state index is 0.0316. The van der Waals surface area contributed by atoms with Gasteiger partial charge < -0.3 is 35.4 Å². The second-order valence-electron chi connectivity index (χ2n) is 31.0. The van der Waals surface area contributed by atoms with Crippen LogP contribution in [-0.4, -0.2) is 144 Å². The normalized spacial score (nSPS) is 13.8. The molecule has 0 aliphatic carbocycles. The van der Waals surface area contributed by atoms with Crippen LogP contribution >= 0.6 is 21.6 Å². The molecule has 11 nitrogen and oxygen atoms in total. The van der Waals surface area contributed by atoms with Gasteiger partial charge in [0.1, 0.15) is 12.1 Å². The van der Waals surface area contributed by atoms with E-state index in [0.717, 1.165) is 115 Å². The van der Waals surface area contributed by atoms with Gasteiger partial charge in [-0.3, -0.25) is 19.3 Å². The maximum atomic E-state index is 13.9. The number of unbranched alkanes of at least 4 members (excludes halogenated alkanes) is 42. The average molecular weight is 1450 g/mol. The van der Waals surface area contributed by atoms with Crippen LogP contribution in [0.4, 0.5) is 0 Å². The largest absolute Gasteiger partial charge is 0.462 e. The number of amides is 2. The summed E-state index contributed by atoms with van der Waals surface area (Å²) in [6.45, 7) is 20.6. The van der Waals surface area contributed by atoms with E-state index in [0.29, 0.717) is 51.9 Å². The van der Waals surface area contributed by atoms with Crippen molar-refractivity contribution in [2.75, 3.05) is 77.0 Å². The number of allylic oxidation sites excluding steroid dienone is 2. The van der Waals surface area contributed by atoms with Gasteiger partial charge in [0, 0.05) is 44.0 Å². The van der Waals surface area contributed by atoms with Crippen molar-refractivity contribution < 1.29 is 29.3 Å². The Kier molecular flexibility index (Phi) is 74.7. The van der Waals surface area contributed by atoms with Gasteiger partial charge in [-0.2, -0.15) is 0 Å². The molecule has 0 aromatic rings. The Balaban J connectivity index is 2.81. The lowest BCUT2D eigenvalue weighted by atomic mass is 10.0. The zero-order valence-electron chi connectivity index (χ0n) is 67.3. The van der Waals surface area contributed by atoms with Gasteiger partial charge in [-0.1, -0.05) is 312 Å². The van der Waals surface area contributed by atoms with Crippen LogP contribution in [0.2, 0.25) is 0 Å². The third kappa shape index (κ3) is 67.3. The van der Waals surface area contributed by atoms with Crippen molar-refractivity contribution in [1.82, 2.24) is 25.3 Å². The predicted molar refractivity (Wildman–Crippen MR) is 440 cm³/mol. The third-order valence-electron chi connectivity index (χ3n) is 21.1. The first-order valence-corrected chi connectivity index (χ1v) is 46.8. The Hall–Kier alpha value is -1.35. The number of carbonyl (C=O) groups excluding carboxylic acids is 3. The molecule has 3 atom stereocenters. The van der Waals surface area contributed by atoms with E-state index in [2.05, 4.69) is 72.1 Å². The maximum absolute atomic E-state index is 13.9. The molecule has 0 saturated carbocycles. The predicted octanol–water partition coefficient (Wildman–Crippen LogP) is 24.0. The SMILES string of the molecule is CCCCCCCC/C=C\CCCCCCCCN(CCCCCCCC(=O)OC(CCCCCCCC)CCCCCCCC)CCCCSSCCC(NC(=O)CCCN(CC(O)CCCCCCCCCC)CC(O)CCCCCCCCCC)C(=O)NCCCCN1CCCC1. The third-order valence-corrected chi connectivity index (χ3v) is 23.6. The van der Waals surface area contributed by atoms with Gasteiger partial charge in [0.25, 0.3) is 0 Å². The van der Waals surface area contributed by atoms with Gasteiger partial charge in [0.2, 0.25) is 11.8 Å². The molecule has 1 rings (SSSR count). The van der Waals surface area contributed by atoms with Gasteiger partial charge >= 0.3 is 5.97 Å². The smallest absolute Gasteiger partial charge is 0.306 e. The number of ether oxygens (including phenoxy) is 1. The van der Waals surface area contributed by atoms with Crippen LogP contribution in [0.5, 0.6) is 0 Å². The summed E-state index contributed by atoms with van der Waals surface area (Å²) in [4.78, 5) is 48.3. The van der Waals surface area contributed by atoms with Gasteiger partial charge in [-0.05, 0) is 181 Å². The molecular formula is C87H171N5O6S2. The highest BCUT2D eigenvalue weighted by atomic mass is 33.1. The van der Waals surface area contributed by atoms with Gasteiger partial charge in [0.05, 0.1) is 12.2 Å². The number of nitrogens with one attached hydrogen (secondary N) is 2. The molecule has 4 N–H and O–H groups in total. The number of esters is 1. The van der Waals surface area contributed by atoms with E-state index < -0.39 is 18.2 Å². The minimum Gasteiger partial charge on any atom is -0.462 e. The van der Waals surface area contributed by atoms with Crippen molar-refractivity contribution in [3.05, 3.63) is 12.2 Å². The van der Waals surface area contributed by atoms with Crippen LogP contribution < -0.4 is 10.6 Å². The molecule has 1 saturated heterocycles. The summed E-state index contributed by atoms with van der Waals surface area (Å²) in [6.07, 6.45) is 76.2. The maximum Gasteiger partial charge on any atom is 0.306 e. The second kappa shape index (κ2) is 77.3. The number of likely N-dealkylation sites (tertiary alicyclic amines) is 1. The summed E-state index contributed by atoms with van der Waals surface area (Å²) in [5.41, 5.74) is 0. The first-order chi connectivity index (χ1) is 49.1. The highest BCUT2D eigenvalue weighted by molar-refractivity contribution is 8.76. The van der Waals surface area contributed by atoms with Crippen LogP contribution in [0, 0.1) is 0 Å². The average Bonchev–Trinajstić information content (AvgIpc) is 1.56. The molecule has 0 aromatic carbocycles. The standard InChI is InChI=1S/C87H171N5O6S2/c1-6-11-16-21-26-29-30-31-32-33-34-35-36-39-46-54-70-90(71-55-47-40-45-52-67-86(96)98-83(64-50-43-24-19-14-9-4)65-51-44-25-20-15-10-5)75-59-60-77-99-100-78-68-84(87(97)88-69-53-56-72-91-73-57-58-74-91)89-85(95)66-61-76-92(79-81(93)62-48-41-37-27-22-17-12-7-2)80-82(94)63-49-42-38-28-23-18-13-8-3/h31-32,81-84,93-94H,6-30,33-80H2,1-5H3,(H,88,97)(H,89,95)/b32-31-. The molecule has 13 heteroatoms. The lowest BCUT2D eigenvalue weighted by Gasteiger charge is -2.27. The lowest BCUT2D eigenvalue weighted by molar-refractivity contribution is -0.150. The molecule has 1 aliphatic heterocycles. The van der Waals surface area contributed by atoms with Crippen LogP contribution in [0.1, 0.15) is 426 Å². The van der Waals surface area contributed by atoms with Crippen LogP contribution in [0.15, 0.2) is 12.2 Å². The Morgan fingerprint density at radius 2 is 0.800 bits per heavy atom. The fourth-order valence-electron chi connectivity index (χ4n) is 14.5. The highest BCUT2D eigenvalue weighted by Gasteiger charge is 2.23. The topological polar surface area (TPSA) is 135 Å². The first-order valence-electron chi connectivity index (χ1n) is 44.3. The van der Waals surface area contributed by atoms with Crippen molar-refractivity contribution >= 4 is 39.4 Å². The molecule has 1 fully saturated rings. The lowest BCUT2D eigenvalue weighted by Crippen LogP contribution is -2.47. The van der Waals surface area contributed by atoms with Crippen molar-refractivity contribution in [3.63, 3.8) is 0 Å². The monoisotopic (exact) mass is 1450 g/mol. The Morgan fingerprint density at radius 3 is 1.27 bits per heavy atom. The molecule has 1 heterocycles. The summed E-state index contributed by atoms with van der Waals surface area (Å²) in [7, 11) is 3.75. The molecule has 0 aromatic heterocycles. The number of nitrogens with zero attached hydrogens (tertiary/aromatic N) is 3. The molecule has 0 spiro atoms. The molecule has 3 unspecified atom stereocenters. The van der Waals surface area contributed by atoms with E-state index in [1.165, 1.54) is 302 Å². The van der Waals surface area contributed by atoms with Crippen LogP contribution in [0.25, 0.3) is 0 Å². The van der Waals surface area contributed by atoms with E-state index in [9.17, 15) is 24.6 Å². The Labute approximate surface area is 630 Å². The summed E-state index contributed by atoms with van der Waals surface area (Å²) in [5, 5.41) is 28.9. The molecule has 0 radical (unpaired) electrons. The Morgan fingerprint density at radius 1 is 0.410 bits per heavy atom. The zero-order chi connectivity index (χ0) is 72.3.